The number of aromatic nitrogens is 4. The molecule has 0 saturated carbocycles. The fourth-order valence-electron chi connectivity index (χ4n) is 1.16. The van der Waals surface area contributed by atoms with Gasteiger partial charge in [-0.05, 0) is 0 Å². The Morgan fingerprint density at radius 1 is 1.62 bits per heavy atom. The van der Waals surface area contributed by atoms with E-state index in [1.54, 1.807) is 0 Å². The number of anilines is 1. The lowest BCUT2D eigenvalue weighted by Gasteiger charge is -2.02. The van der Waals surface area contributed by atoms with Crippen LogP contribution in [0.5, 0.6) is 0 Å². The smallest absolute Gasteiger partial charge is 0.318 e. The van der Waals surface area contributed by atoms with Crippen LogP contribution < -0.4 is 5.73 Å². The van der Waals surface area contributed by atoms with E-state index in [1.807, 2.05) is 0 Å². The molecule has 10 heteroatoms. The zero-order valence-electron chi connectivity index (χ0n) is 7.79. The van der Waals surface area contributed by atoms with Crippen LogP contribution >= 0.6 is 8.25 Å². The average molecular weight is 247 g/mol. The molecule has 16 heavy (non-hydrogen) atoms. The van der Waals surface area contributed by atoms with Crippen molar-refractivity contribution in [3.05, 3.63) is 12.4 Å². The van der Waals surface area contributed by atoms with Crippen LogP contribution in [0, 0.1) is 6.08 Å². The van der Waals surface area contributed by atoms with Crippen LogP contribution in [0.4, 0.5) is 10.2 Å². The topological polar surface area (TPSA) is 116 Å². The molecule has 0 aliphatic rings. The van der Waals surface area contributed by atoms with Crippen LogP contribution in [-0.2, 0) is 15.8 Å². The van der Waals surface area contributed by atoms with E-state index in [-0.39, 0.29) is 23.7 Å². The maximum atomic E-state index is 12.9. The van der Waals surface area contributed by atoms with Crippen LogP contribution in [0.15, 0.2) is 6.33 Å². The van der Waals surface area contributed by atoms with Crippen LogP contribution in [0.25, 0.3) is 11.2 Å². The van der Waals surface area contributed by atoms with E-state index in [4.69, 9.17) is 10.6 Å². The van der Waals surface area contributed by atoms with Crippen molar-refractivity contribution in [2.45, 2.75) is 6.73 Å². The molecule has 2 aromatic heterocycles. The second-order valence-electron chi connectivity index (χ2n) is 2.80. The fraction of sp³-hybridized carbons (Fsp3) is 0.167. The summed E-state index contributed by atoms with van der Waals surface area (Å²) in [6, 6.07) is 0. The molecule has 0 aromatic carbocycles. The number of imidazole rings is 1. The minimum Gasteiger partial charge on any atom is -0.382 e. The lowest BCUT2D eigenvalue weighted by molar-refractivity contribution is 0.221. The van der Waals surface area contributed by atoms with Gasteiger partial charge in [0, 0.05) is 0 Å². The Kier molecular flexibility index (Phi) is 2.82. The summed E-state index contributed by atoms with van der Waals surface area (Å²) in [5, 5.41) is 0. The molecular weight excluding hydrogens is 240 g/mol. The van der Waals surface area contributed by atoms with E-state index in [2.05, 4.69) is 19.5 Å². The van der Waals surface area contributed by atoms with E-state index in [1.165, 1.54) is 10.9 Å². The highest BCUT2D eigenvalue weighted by atomic mass is 31.1. The molecule has 2 heterocycles. The minimum absolute atomic E-state index is 0.0992. The first-order valence-corrected chi connectivity index (χ1v) is 5.34. The highest BCUT2D eigenvalue weighted by Crippen LogP contribution is 2.19. The molecule has 0 fully saturated rings. The van der Waals surface area contributed by atoms with Gasteiger partial charge in [-0.2, -0.15) is 14.4 Å². The fourth-order valence-corrected chi connectivity index (χ4v) is 1.41. The molecule has 0 radical (unpaired) electrons. The molecule has 0 aliphatic heterocycles. The van der Waals surface area contributed by atoms with Gasteiger partial charge in [0.25, 0.3) is 0 Å². The number of nitrogens with two attached hydrogens (primary N) is 1. The van der Waals surface area contributed by atoms with E-state index in [9.17, 15) is 8.96 Å². The second kappa shape index (κ2) is 4.12. The summed E-state index contributed by atoms with van der Waals surface area (Å²) in [4.78, 5) is 19.1. The Labute approximate surface area is 88.8 Å². The molecule has 1 atom stereocenters. The van der Waals surface area contributed by atoms with Gasteiger partial charge in [0.15, 0.2) is 17.0 Å². The van der Waals surface area contributed by atoms with Gasteiger partial charge in [0.2, 0.25) is 0 Å². The quantitative estimate of drug-likeness (QED) is 0.574. The van der Waals surface area contributed by atoms with E-state index >= 15 is 0 Å². The lowest BCUT2D eigenvalue weighted by Crippen LogP contribution is -2.02. The second-order valence-corrected chi connectivity index (χ2v) is 3.62. The molecule has 8 nitrogen and oxygen atoms in total. The summed E-state index contributed by atoms with van der Waals surface area (Å²) in [5.41, 5.74) is 5.73. The van der Waals surface area contributed by atoms with E-state index < -0.39 is 14.3 Å². The van der Waals surface area contributed by atoms with Gasteiger partial charge in [0.05, 0.1) is 6.33 Å². The van der Waals surface area contributed by atoms with Crippen molar-refractivity contribution in [2.75, 3.05) is 5.73 Å². The first kappa shape index (κ1) is 10.9. The Morgan fingerprint density at radius 2 is 2.38 bits per heavy atom. The lowest BCUT2D eigenvalue weighted by atomic mass is 10.5. The normalized spacial score (nSPS) is 13.1. The summed E-state index contributed by atoms with van der Waals surface area (Å²) in [5.74, 6) is -0.0992. The number of halogens is 1. The maximum Gasteiger partial charge on any atom is 0.318 e. The van der Waals surface area contributed by atoms with Gasteiger partial charge in [-0.3, -0.25) is 13.7 Å². The molecule has 3 N–H and O–H groups in total. The third-order valence-electron chi connectivity index (χ3n) is 1.79. The maximum absolute atomic E-state index is 12.9. The van der Waals surface area contributed by atoms with E-state index in [0.29, 0.717) is 0 Å². The molecule has 2 rings (SSSR count). The number of nitrogens with zero attached hydrogens (tertiary/aromatic N) is 4. The van der Waals surface area contributed by atoms with Crippen molar-refractivity contribution >= 4 is 25.2 Å². The predicted molar refractivity (Wildman–Crippen MR) is 52.0 cm³/mol. The summed E-state index contributed by atoms with van der Waals surface area (Å²) in [6.45, 7) is -0.263. The summed E-state index contributed by atoms with van der Waals surface area (Å²) < 4.78 is 28.9. The average Bonchev–Trinajstić information content (AvgIpc) is 2.58. The number of rotatable bonds is 3. The number of hydrogen-bond acceptors (Lipinski definition) is 6. The molecule has 0 amide bonds. The van der Waals surface area contributed by atoms with Crippen LogP contribution in [0.2, 0.25) is 0 Å². The van der Waals surface area contributed by atoms with Gasteiger partial charge in [-0.1, -0.05) is 0 Å². The Hall–Kier alpha value is -1.57. The third-order valence-corrected chi connectivity index (χ3v) is 2.17. The van der Waals surface area contributed by atoms with Crippen LogP contribution in [0.1, 0.15) is 0 Å². The first-order valence-electron chi connectivity index (χ1n) is 4.07. The largest absolute Gasteiger partial charge is 0.382 e. The highest BCUT2D eigenvalue weighted by molar-refractivity contribution is 7.32. The monoisotopic (exact) mass is 247 g/mol. The number of fused-ring (bicyclic) bond motifs is 1. The zero-order valence-corrected chi connectivity index (χ0v) is 8.79. The van der Waals surface area contributed by atoms with Crippen molar-refractivity contribution in [3.8, 4) is 0 Å². The van der Waals surface area contributed by atoms with Crippen molar-refractivity contribution in [2.24, 2.45) is 0 Å². The molecule has 2 aromatic rings. The van der Waals surface area contributed by atoms with Crippen LogP contribution in [-0.4, -0.2) is 24.4 Å². The molecule has 0 bridgehead atoms. The summed E-state index contributed by atoms with van der Waals surface area (Å²) in [6.07, 6.45) is 0.267. The van der Waals surface area contributed by atoms with Gasteiger partial charge < -0.3 is 10.6 Å². The zero-order chi connectivity index (χ0) is 11.7. The highest BCUT2D eigenvalue weighted by Gasteiger charge is 2.11. The van der Waals surface area contributed by atoms with Gasteiger partial charge in [-0.15, -0.1) is 0 Å². The van der Waals surface area contributed by atoms with Gasteiger partial charge in [0.1, 0.15) is 6.73 Å². The standard InChI is InChI=1S/C6H7FN5O3P/c7-6-10-4(8)3-5(11-6)12(1-9-3)2-15-16(13)14/h1,16H,2H2,(H,13,14)(H2,8,10,11). The minimum atomic E-state index is -3.07. The number of nitrogen functional groups attached to an aromatic ring is 1. The van der Waals surface area contributed by atoms with Gasteiger partial charge >= 0.3 is 14.3 Å². The van der Waals surface area contributed by atoms with Gasteiger partial charge in [-0.25, -0.2) is 4.98 Å². The number of hydrogen-bond donors (Lipinski definition) is 2. The molecule has 0 spiro atoms. The third kappa shape index (κ3) is 2.01. The predicted octanol–water partition coefficient (Wildman–Crippen LogP) is -0.0963. The Morgan fingerprint density at radius 3 is 3.06 bits per heavy atom. The van der Waals surface area contributed by atoms with Crippen molar-refractivity contribution in [1.29, 1.82) is 0 Å². The van der Waals surface area contributed by atoms with Crippen molar-refractivity contribution < 1.29 is 18.4 Å². The summed E-state index contributed by atoms with van der Waals surface area (Å²) in [7, 11) is -3.07. The molecule has 0 aliphatic carbocycles. The molecule has 86 valence electrons. The Bertz CT molecular complexity index is 558. The summed E-state index contributed by atoms with van der Waals surface area (Å²) >= 11 is 0. The molecule has 0 saturated heterocycles. The van der Waals surface area contributed by atoms with E-state index in [0.717, 1.165) is 0 Å². The van der Waals surface area contributed by atoms with Crippen molar-refractivity contribution in [1.82, 2.24) is 19.5 Å². The van der Waals surface area contributed by atoms with Crippen LogP contribution in [0.3, 0.4) is 0 Å². The first-order chi connectivity index (χ1) is 7.58. The van der Waals surface area contributed by atoms with Crippen molar-refractivity contribution in [3.63, 3.8) is 0 Å². The SMILES string of the molecule is Nc1nc(F)nc2c1ncn2CO[PH](=O)O. The molecular formula is C6H7FN5O3P. The molecule has 1 unspecified atom stereocenters. The Balaban J connectivity index is 2.43.